The van der Waals surface area contributed by atoms with E-state index in [9.17, 15) is 14.4 Å². The van der Waals surface area contributed by atoms with E-state index in [2.05, 4.69) is 26.1 Å². The van der Waals surface area contributed by atoms with Crippen LogP contribution in [0.1, 0.15) is 42.7 Å². The van der Waals surface area contributed by atoms with Crippen LogP contribution < -0.4 is 16.0 Å². The zero-order valence-corrected chi connectivity index (χ0v) is 19.3. The monoisotopic (exact) mass is 474 g/mol. The predicted molar refractivity (Wildman–Crippen MR) is 126 cm³/mol. The van der Waals surface area contributed by atoms with Crippen LogP contribution in [0.3, 0.4) is 0 Å². The fourth-order valence-electron chi connectivity index (χ4n) is 4.43. The summed E-state index contributed by atoms with van der Waals surface area (Å²) >= 11 is 0. The standard InChI is InChI=1S/C25H26N6O4/c1-25(22(32)28-23(33)29-25)19-9-7-16(8-10-19)15-26-24(34)31-13-11-18(12-14-31)21-27-20(30-35-21)17-5-3-2-4-6-17/h2-10,18H,11-15H2,1H3,(H,26,34)(H2,28,29,32,33). The molecule has 2 aliphatic rings. The van der Waals surface area contributed by atoms with E-state index in [1.165, 1.54) is 0 Å². The summed E-state index contributed by atoms with van der Waals surface area (Å²) in [4.78, 5) is 42.6. The largest absolute Gasteiger partial charge is 0.339 e. The molecule has 0 saturated carbocycles. The van der Waals surface area contributed by atoms with Gasteiger partial charge in [-0.3, -0.25) is 10.1 Å². The molecule has 10 nitrogen and oxygen atoms in total. The van der Waals surface area contributed by atoms with Crippen molar-refractivity contribution < 1.29 is 18.9 Å². The van der Waals surface area contributed by atoms with Gasteiger partial charge in [0, 0.05) is 31.1 Å². The Morgan fingerprint density at radius 2 is 1.83 bits per heavy atom. The molecule has 0 aliphatic carbocycles. The number of hydrogen-bond acceptors (Lipinski definition) is 6. The van der Waals surface area contributed by atoms with Crippen molar-refractivity contribution in [3.05, 3.63) is 71.6 Å². The normalized spacial score (nSPS) is 20.4. The van der Waals surface area contributed by atoms with Crippen LogP contribution in [0.25, 0.3) is 11.4 Å². The molecule has 2 fully saturated rings. The molecule has 3 aromatic rings. The highest BCUT2D eigenvalue weighted by Gasteiger charge is 2.43. The van der Waals surface area contributed by atoms with Crippen LogP contribution in [0.5, 0.6) is 0 Å². The maximum atomic E-state index is 12.7. The first-order valence-corrected chi connectivity index (χ1v) is 11.6. The molecule has 35 heavy (non-hydrogen) atoms. The summed E-state index contributed by atoms with van der Waals surface area (Å²) in [6, 6.07) is 16.3. The fourth-order valence-corrected chi connectivity index (χ4v) is 4.43. The summed E-state index contributed by atoms with van der Waals surface area (Å²) in [5, 5.41) is 11.9. The smallest absolute Gasteiger partial charge is 0.322 e. The molecule has 0 bridgehead atoms. The maximum Gasteiger partial charge on any atom is 0.322 e. The van der Waals surface area contributed by atoms with Crippen molar-refractivity contribution in [2.45, 2.75) is 37.8 Å². The van der Waals surface area contributed by atoms with Gasteiger partial charge in [-0.1, -0.05) is 59.8 Å². The molecule has 2 aromatic carbocycles. The number of rotatable bonds is 5. The highest BCUT2D eigenvalue weighted by atomic mass is 16.5. The number of nitrogens with one attached hydrogen (secondary N) is 3. The van der Waals surface area contributed by atoms with Crippen molar-refractivity contribution >= 4 is 18.0 Å². The number of carbonyl (C=O) groups is 3. The lowest BCUT2D eigenvalue weighted by Gasteiger charge is -2.30. The number of hydrogen-bond donors (Lipinski definition) is 3. The highest BCUT2D eigenvalue weighted by molar-refractivity contribution is 6.07. The molecule has 0 radical (unpaired) electrons. The molecule has 10 heteroatoms. The van der Waals surface area contributed by atoms with Crippen molar-refractivity contribution in [1.29, 1.82) is 0 Å². The Bertz CT molecular complexity index is 1230. The summed E-state index contributed by atoms with van der Waals surface area (Å²) in [7, 11) is 0. The van der Waals surface area contributed by atoms with Gasteiger partial charge in [0.25, 0.3) is 5.91 Å². The minimum absolute atomic E-state index is 0.127. The SMILES string of the molecule is CC1(c2ccc(CNC(=O)N3CCC(c4nc(-c5ccccc5)no4)CC3)cc2)NC(=O)NC1=O. The molecule has 1 atom stereocenters. The van der Waals surface area contributed by atoms with Crippen molar-refractivity contribution in [2.24, 2.45) is 0 Å². The minimum atomic E-state index is -1.09. The van der Waals surface area contributed by atoms with Crippen LogP contribution in [0.4, 0.5) is 9.59 Å². The van der Waals surface area contributed by atoms with E-state index in [0.29, 0.717) is 36.9 Å². The van der Waals surface area contributed by atoms with Gasteiger partial charge in [0.2, 0.25) is 11.7 Å². The van der Waals surface area contributed by atoms with Crippen molar-refractivity contribution in [3.8, 4) is 11.4 Å². The van der Waals surface area contributed by atoms with Crippen LogP contribution in [-0.2, 0) is 16.9 Å². The van der Waals surface area contributed by atoms with Crippen LogP contribution in [0, 0.1) is 0 Å². The summed E-state index contributed by atoms with van der Waals surface area (Å²) in [5.74, 6) is 0.941. The van der Waals surface area contributed by atoms with Gasteiger partial charge < -0.3 is 20.1 Å². The van der Waals surface area contributed by atoms with Gasteiger partial charge in [0.05, 0.1) is 0 Å². The first-order valence-electron chi connectivity index (χ1n) is 11.6. The number of aromatic nitrogens is 2. The number of benzene rings is 2. The average Bonchev–Trinajstić information content (AvgIpc) is 3.48. The number of carbonyl (C=O) groups excluding carboxylic acids is 3. The van der Waals surface area contributed by atoms with Gasteiger partial charge >= 0.3 is 12.1 Å². The van der Waals surface area contributed by atoms with Crippen LogP contribution in [0.15, 0.2) is 59.1 Å². The Morgan fingerprint density at radius 1 is 1.11 bits per heavy atom. The number of likely N-dealkylation sites (tertiary alicyclic amines) is 1. The van der Waals surface area contributed by atoms with Crippen LogP contribution in [-0.4, -0.2) is 46.1 Å². The van der Waals surface area contributed by atoms with Crippen LogP contribution >= 0.6 is 0 Å². The van der Waals surface area contributed by atoms with Gasteiger partial charge in [-0.05, 0) is 30.9 Å². The number of imide groups is 1. The molecule has 3 heterocycles. The lowest BCUT2D eigenvalue weighted by molar-refractivity contribution is -0.123. The van der Waals surface area contributed by atoms with E-state index < -0.39 is 11.6 Å². The van der Waals surface area contributed by atoms with Crippen molar-refractivity contribution in [3.63, 3.8) is 0 Å². The zero-order chi connectivity index (χ0) is 24.4. The molecule has 2 saturated heterocycles. The average molecular weight is 475 g/mol. The Kier molecular flexibility index (Phi) is 5.94. The molecule has 180 valence electrons. The molecule has 0 spiro atoms. The number of nitrogens with zero attached hydrogens (tertiary/aromatic N) is 3. The van der Waals surface area contributed by atoms with Crippen molar-refractivity contribution in [2.75, 3.05) is 13.1 Å². The van der Waals surface area contributed by atoms with E-state index in [-0.39, 0.29) is 17.9 Å². The quantitative estimate of drug-likeness (QED) is 0.488. The fraction of sp³-hybridized carbons (Fsp3) is 0.320. The first kappa shape index (κ1) is 22.6. The summed E-state index contributed by atoms with van der Waals surface area (Å²) in [6.45, 7) is 3.22. The summed E-state index contributed by atoms with van der Waals surface area (Å²) < 4.78 is 5.50. The molecule has 3 N–H and O–H groups in total. The Hall–Kier alpha value is -4.21. The molecule has 5 amide bonds. The molecule has 1 aromatic heterocycles. The van der Waals surface area contributed by atoms with Crippen LogP contribution in [0.2, 0.25) is 0 Å². The third-order valence-electron chi connectivity index (χ3n) is 6.62. The number of amides is 5. The van der Waals surface area contributed by atoms with E-state index in [4.69, 9.17) is 4.52 Å². The van der Waals surface area contributed by atoms with E-state index in [0.717, 1.165) is 24.0 Å². The van der Waals surface area contributed by atoms with E-state index in [1.807, 2.05) is 42.5 Å². The van der Waals surface area contributed by atoms with Gasteiger partial charge in [0.15, 0.2) is 0 Å². The molecular formula is C25H26N6O4. The van der Waals surface area contributed by atoms with Gasteiger partial charge in [-0.25, -0.2) is 9.59 Å². The molecule has 2 aliphatic heterocycles. The van der Waals surface area contributed by atoms with Gasteiger partial charge in [-0.15, -0.1) is 0 Å². The third-order valence-corrected chi connectivity index (χ3v) is 6.62. The second-order valence-corrected chi connectivity index (χ2v) is 8.97. The Morgan fingerprint density at radius 3 is 2.49 bits per heavy atom. The van der Waals surface area contributed by atoms with Gasteiger partial charge in [-0.2, -0.15) is 4.98 Å². The lowest BCUT2D eigenvalue weighted by atomic mass is 9.91. The summed E-state index contributed by atoms with van der Waals surface area (Å²) in [5.41, 5.74) is 1.39. The highest BCUT2D eigenvalue weighted by Crippen LogP contribution is 2.29. The third kappa shape index (κ3) is 4.59. The van der Waals surface area contributed by atoms with E-state index in [1.54, 1.807) is 24.0 Å². The lowest BCUT2D eigenvalue weighted by Crippen LogP contribution is -2.43. The van der Waals surface area contributed by atoms with Crippen molar-refractivity contribution in [1.82, 2.24) is 31.0 Å². The Labute approximate surface area is 202 Å². The second-order valence-electron chi connectivity index (χ2n) is 8.97. The van der Waals surface area contributed by atoms with Gasteiger partial charge in [0.1, 0.15) is 5.54 Å². The maximum absolute atomic E-state index is 12.7. The zero-order valence-electron chi connectivity index (χ0n) is 19.3. The number of piperidine rings is 1. The Balaban J connectivity index is 1.12. The minimum Gasteiger partial charge on any atom is -0.339 e. The van der Waals surface area contributed by atoms with E-state index >= 15 is 0 Å². The topological polar surface area (TPSA) is 129 Å². The first-order chi connectivity index (χ1) is 16.9. The molecule has 1 unspecified atom stereocenters. The molecule has 5 rings (SSSR count). The predicted octanol–water partition coefficient (Wildman–Crippen LogP) is 2.88. The summed E-state index contributed by atoms with van der Waals surface area (Å²) in [6.07, 6.45) is 1.51. The number of urea groups is 2. The molecular weight excluding hydrogens is 448 g/mol. The second kappa shape index (κ2) is 9.21.